The summed E-state index contributed by atoms with van der Waals surface area (Å²) in [5.74, 6) is 0. The summed E-state index contributed by atoms with van der Waals surface area (Å²) in [7, 11) is 0. The van der Waals surface area contributed by atoms with Crippen LogP contribution < -0.4 is 5.32 Å². The Labute approximate surface area is 105 Å². The summed E-state index contributed by atoms with van der Waals surface area (Å²) in [5, 5.41) is 10.1. The van der Waals surface area contributed by atoms with E-state index in [4.69, 9.17) is 0 Å². The van der Waals surface area contributed by atoms with Gasteiger partial charge in [-0.15, -0.1) is 5.10 Å². The molecule has 0 saturated carbocycles. The summed E-state index contributed by atoms with van der Waals surface area (Å²) in [5.41, 5.74) is -0.357. The van der Waals surface area contributed by atoms with Crippen molar-refractivity contribution < 1.29 is 13.2 Å². The Morgan fingerprint density at radius 3 is 2.39 bits per heavy atom. The first kappa shape index (κ1) is 14.9. The second-order valence-electron chi connectivity index (χ2n) is 4.16. The second kappa shape index (κ2) is 6.68. The van der Waals surface area contributed by atoms with Crippen LogP contribution in [0.5, 0.6) is 0 Å². The van der Waals surface area contributed by atoms with Crippen LogP contribution in [0, 0.1) is 0 Å². The van der Waals surface area contributed by atoms with Gasteiger partial charge in [0, 0.05) is 12.5 Å². The van der Waals surface area contributed by atoms with Gasteiger partial charge in [-0.05, 0) is 25.1 Å². The van der Waals surface area contributed by atoms with Gasteiger partial charge in [0.05, 0.1) is 5.69 Å². The molecule has 6 heteroatoms. The highest BCUT2D eigenvalue weighted by atomic mass is 19.4. The standard InChI is InChI=1S/C12H18F3N3/c1-3-5-9(16-4-2)8-10-6-7-11(18-17-10)12(13,14)15/h6-7,9,16H,3-5,8H2,1-2H3. The Morgan fingerprint density at radius 1 is 1.22 bits per heavy atom. The predicted octanol–water partition coefficient (Wildman–Crippen LogP) is 2.82. The van der Waals surface area contributed by atoms with Gasteiger partial charge in [-0.1, -0.05) is 20.3 Å². The molecule has 3 nitrogen and oxygen atoms in total. The molecular weight excluding hydrogens is 243 g/mol. The van der Waals surface area contributed by atoms with E-state index in [-0.39, 0.29) is 6.04 Å². The van der Waals surface area contributed by atoms with E-state index >= 15 is 0 Å². The van der Waals surface area contributed by atoms with Crippen LogP contribution in [-0.4, -0.2) is 22.8 Å². The molecule has 1 N–H and O–H groups in total. The lowest BCUT2D eigenvalue weighted by molar-refractivity contribution is -0.141. The molecule has 0 saturated heterocycles. The molecule has 1 heterocycles. The Balaban J connectivity index is 2.67. The number of alkyl halides is 3. The van der Waals surface area contributed by atoms with E-state index in [0.717, 1.165) is 25.5 Å². The summed E-state index contributed by atoms with van der Waals surface area (Å²) in [6, 6.07) is 2.62. The van der Waals surface area contributed by atoms with Crippen molar-refractivity contribution in [1.82, 2.24) is 15.5 Å². The van der Waals surface area contributed by atoms with Crippen molar-refractivity contribution in [3.8, 4) is 0 Å². The molecule has 0 aromatic carbocycles. The zero-order valence-corrected chi connectivity index (χ0v) is 10.6. The van der Waals surface area contributed by atoms with Crippen molar-refractivity contribution in [3.63, 3.8) is 0 Å². The van der Waals surface area contributed by atoms with E-state index < -0.39 is 11.9 Å². The molecule has 0 aliphatic heterocycles. The molecule has 0 spiro atoms. The molecule has 1 aromatic heterocycles. The van der Waals surface area contributed by atoms with E-state index in [0.29, 0.717) is 12.1 Å². The first-order chi connectivity index (χ1) is 8.47. The number of nitrogens with zero attached hydrogens (tertiary/aromatic N) is 2. The molecule has 102 valence electrons. The Morgan fingerprint density at radius 2 is 1.94 bits per heavy atom. The fraction of sp³-hybridized carbons (Fsp3) is 0.667. The van der Waals surface area contributed by atoms with Crippen LogP contribution >= 0.6 is 0 Å². The number of aromatic nitrogens is 2. The summed E-state index contributed by atoms with van der Waals surface area (Å²) in [6.07, 6.45) is -1.83. The van der Waals surface area contributed by atoms with Gasteiger partial charge in [0.25, 0.3) is 0 Å². The van der Waals surface area contributed by atoms with Crippen molar-refractivity contribution in [2.75, 3.05) is 6.54 Å². The smallest absolute Gasteiger partial charge is 0.314 e. The number of likely N-dealkylation sites (N-methyl/N-ethyl adjacent to an activating group) is 1. The molecule has 0 bridgehead atoms. The Kier molecular flexibility index (Phi) is 5.53. The van der Waals surface area contributed by atoms with Crippen LogP contribution in [-0.2, 0) is 12.6 Å². The predicted molar refractivity (Wildman–Crippen MR) is 63.1 cm³/mol. The fourth-order valence-corrected chi connectivity index (χ4v) is 1.79. The maximum atomic E-state index is 12.3. The van der Waals surface area contributed by atoms with Crippen molar-refractivity contribution >= 4 is 0 Å². The van der Waals surface area contributed by atoms with E-state index in [9.17, 15) is 13.2 Å². The minimum Gasteiger partial charge on any atom is -0.314 e. The summed E-state index contributed by atoms with van der Waals surface area (Å²) in [4.78, 5) is 0. The number of hydrogen-bond donors (Lipinski definition) is 1. The monoisotopic (exact) mass is 261 g/mol. The molecule has 0 aliphatic carbocycles. The van der Waals surface area contributed by atoms with E-state index in [2.05, 4.69) is 22.4 Å². The van der Waals surface area contributed by atoms with Gasteiger partial charge in [-0.25, -0.2) is 0 Å². The normalized spacial score (nSPS) is 13.6. The third-order valence-electron chi connectivity index (χ3n) is 2.60. The van der Waals surface area contributed by atoms with Crippen molar-refractivity contribution in [2.24, 2.45) is 0 Å². The average Bonchev–Trinajstić information content (AvgIpc) is 2.29. The van der Waals surface area contributed by atoms with Gasteiger partial charge in [0.2, 0.25) is 0 Å². The zero-order chi connectivity index (χ0) is 13.6. The Bertz CT molecular complexity index is 343. The molecule has 0 amide bonds. The van der Waals surface area contributed by atoms with E-state index in [1.165, 1.54) is 6.07 Å². The third kappa shape index (κ3) is 4.60. The maximum absolute atomic E-state index is 12.3. The lowest BCUT2D eigenvalue weighted by Gasteiger charge is -2.16. The lowest BCUT2D eigenvalue weighted by Crippen LogP contribution is -2.31. The second-order valence-corrected chi connectivity index (χ2v) is 4.16. The van der Waals surface area contributed by atoms with Crippen LogP contribution in [0.4, 0.5) is 13.2 Å². The lowest BCUT2D eigenvalue weighted by atomic mass is 10.1. The summed E-state index contributed by atoms with van der Waals surface area (Å²) < 4.78 is 36.9. The van der Waals surface area contributed by atoms with Gasteiger partial charge in [-0.3, -0.25) is 0 Å². The highest BCUT2D eigenvalue weighted by Gasteiger charge is 2.32. The number of halogens is 3. The summed E-state index contributed by atoms with van der Waals surface area (Å²) >= 11 is 0. The van der Waals surface area contributed by atoms with Crippen LogP contribution in [0.1, 0.15) is 38.1 Å². The quantitative estimate of drug-likeness (QED) is 0.855. The Hall–Kier alpha value is -1.17. The number of rotatable bonds is 6. The fourth-order valence-electron chi connectivity index (χ4n) is 1.79. The van der Waals surface area contributed by atoms with Crippen LogP contribution in [0.15, 0.2) is 12.1 Å². The zero-order valence-electron chi connectivity index (χ0n) is 10.6. The first-order valence-corrected chi connectivity index (χ1v) is 6.10. The van der Waals surface area contributed by atoms with Gasteiger partial charge >= 0.3 is 6.18 Å². The highest BCUT2D eigenvalue weighted by molar-refractivity contribution is 5.10. The van der Waals surface area contributed by atoms with Crippen LogP contribution in [0.2, 0.25) is 0 Å². The van der Waals surface area contributed by atoms with Crippen molar-refractivity contribution in [1.29, 1.82) is 0 Å². The average molecular weight is 261 g/mol. The molecule has 0 fully saturated rings. The topological polar surface area (TPSA) is 37.8 Å². The molecule has 0 radical (unpaired) electrons. The third-order valence-corrected chi connectivity index (χ3v) is 2.60. The van der Waals surface area contributed by atoms with E-state index in [1.54, 1.807) is 0 Å². The number of nitrogens with one attached hydrogen (secondary N) is 1. The van der Waals surface area contributed by atoms with E-state index in [1.807, 2.05) is 6.92 Å². The number of hydrogen-bond acceptors (Lipinski definition) is 3. The minimum atomic E-state index is -4.42. The highest BCUT2D eigenvalue weighted by Crippen LogP contribution is 2.26. The maximum Gasteiger partial charge on any atom is 0.435 e. The van der Waals surface area contributed by atoms with Gasteiger partial charge in [-0.2, -0.15) is 18.3 Å². The molecule has 0 aliphatic rings. The van der Waals surface area contributed by atoms with Gasteiger partial charge < -0.3 is 5.32 Å². The molecule has 18 heavy (non-hydrogen) atoms. The molecule has 1 aromatic rings. The van der Waals surface area contributed by atoms with Crippen molar-refractivity contribution in [2.45, 2.75) is 45.3 Å². The minimum absolute atomic E-state index is 0.242. The molecular formula is C12H18F3N3. The summed E-state index contributed by atoms with van der Waals surface area (Å²) in [6.45, 7) is 4.91. The first-order valence-electron chi connectivity index (χ1n) is 6.10. The molecule has 1 atom stereocenters. The van der Waals surface area contributed by atoms with Gasteiger partial charge in [0.15, 0.2) is 5.69 Å². The molecule has 1 unspecified atom stereocenters. The SMILES string of the molecule is CCCC(Cc1ccc(C(F)(F)F)nn1)NCC. The van der Waals surface area contributed by atoms with Crippen LogP contribution in [0.25, 0.3) is 0 Å². The molecule has 1 rings (SSSR count). The largest absolute Gasteiger partial charge is 0.435 e. The van der Waals surface area contributed by atoms with Gasteiger partial charge in [0.1, 0.15) is 0 Å². The van der Waals surface area contributed by atoms with Crippen LogP contribution in [0.3, 0.4) is 0 Å². The van der Waals surface area contributed by atoms with Crippen molar-refractivity contribution in [3.05, 3.63) is 23.5 Å².